The van der Waals surface area contributed by atoms with Gasteiger partial charge in [0.2, 0.25) is 10.0 Å². The van der Waals surface area contributed by atoms with Gasteiger partial charge < -0.3 is 5.32 Å². The van der Waals surface area contributed by atoms with Crippen LogP contribution in [0.5, 0.6) is 0 Å². The Kier molecular flexibility index (Phi) is 4.67. The van der Waals surface area contributed by atoms with Crippen LogP contribution in [0.3, 0.4) is 0 Å². The maximum atomic E-state index is 12.2. The first-order valence-electron chi connectivity index (χ1n) is 7.24. The number of sulfonamides is 1. The van der Waals surface area contributed by atoms with Crippen LogP contribution in [0.2, 0.25) is 0 Å². The Labute approximate surface area is 111 Å². The normalized spacial score (nSPS) is 32.9. The van der Waals surface area contributed by atoms with Gasteiger partial charge in [0.25, 0.3) is 0 Å². The molecular weight excluding hydrogens is 248 g/mol. The van der Waals surface area contributed by atoms with Gasteiger partial charge >= 0.3 is 0 Å². The zero-order chi connectivity index (χ0) is 13.2. The van der Waals surface area contributed by atoms with Crippen LogP contribution in [0.15, 0.2) is 0 Å². The third kappa shape index (κ3) is 3.25. The molecule has 2 saturated carbocycles. The molecule has 4 atom stereocenters. The number of hydrogen-bond acceptors (Lipinski definition) is 3. The molecule has 2 bridgehead atoms. The molecule has 4 unspecified atom stereocenters. The van der Waals surface area contributed by atoms with Crippen LogP contribution in [0.4, 0.5) is 0 Å². The summed E-state index contributed by atoms with van der Waals surface area (Å²) < 4.78 is 27.4. The van der Waals surface area contributed by atoms with E-state index in [0.717, 1.165) is 25.3 Å². The summed E-state index contributed by atoms with van der Waals surface area (Å²) in [6, 6.07) is 0.211. The average Bonchev–Trinajstić information content (AvgIpc) is 2.90. The lowest BCUT2D eigenvalue weighted by atomic mass is 9.96. The van der Waals surface area contributed by atoms with E-state index in [2.05, 4.69) is 17.0 Å². The lowest BCUT2D eigenvalue weighted by Gasteiger charge is -2.25. The Morgan fingerprint density at radius 3 is 2.61 bits per heavy atom. The van der Waals surface area contributed by atoms with Crippen molar-refractivity contribution in [2.75, 3.05) is 13.1 Å². The fourth-order valence-corrected chi connectivity index (χ4v) is 4.59. The van der Waals surface area contributed by atoms with Crippen molar-refractivity contribution >= 4 is 10.0 Å². The number of rotatable bonds is 7. The largest absolute Gasteiger partial charge is 0.315 e. The van der Waals surface area contributed by atoms with E-state index in [4.69, 9.17) is 0 Å². The SMILES string of the molecule is CCCNCC(C)S(=O)(=O)NC1CC2CCC1C2. The summed E-state index contributed by atoms with van der Waals surface area (Å²) in [5, 5.41) is 2.84. The minimum Gasteiger partial charge on any atom is -0.315 e. The molecule has 0 aromatic heterocycles. The van der Waals surface area contributed by atoms with Crippen molar-refractivity contribution in [3.05, 3.63) is 0 Å². The minimum absolute atomic E-state index is 0.211. The molecule has 0 aromatic carbocycles. The lowest BCUT2D eigenvalue weighted by Crippen LogP contribution is -2.45. The smallest absolute Gasteiger partial charge is 0.215 e. The molecule has 0 saturated heterocycles. The van der Waals surface area contributed by atoms with Crippen LogP contribution in [0.25, 0.3) is 0 Å². The predicted octanol–water partition coefficient (Wildman–Crippen LogP) is 1.48. The van der Waals surface area contributed by atoms with E-state index in [1.807, 2.05) is 0 Å². The average molecular weight is 274 g/mol. The number of hydrogen-bond donors (Lipinski definition) is 2. The first-order chi connectivity index (χ1) is 8.53. The molecule has 0 amide bonds. The fraction of sp³-hybridized carbons (Fsp3) is 1.00. The van der Waals surface area contributed by atoms with Gasteiger partial charge in [-0.15, -0.1) is 0 Å². The molecule has 0 aliphatic heterocycles. The minimum atomic E-state index is -3.16. The quantitative estimate of drug-likeness (QED) is 0.691. The molecule has 0 heterocycles. The second kappa shape index (κ2) is 5.88. The molecule has 2 N–H and O–H groups in total. The number of nitrogens with one attached hydrogen (secondary N) is 2. The molecular formula is C13H26N2O2S. The van der Waals surface area contributed by atoms with Gasteiger partial charge in [-0.2, -0.15) is 0 Å². The second-order valence-electron chi connectivity index (χ2n) is 5.96. The maximum absolute atomic E-state index is 12.2. The van der Waals surface area contributed by atoms with Crippen molar-refractivity contribution in [3.8, 4) is 0 Å². The van der Waals surface area contributed by atoms with Gasteiger partial charge in [-0.25, -0.2) is 13.1 Å². The first kappa shape index (κ1) is 14.3. The van der Waals surface area contributed by atoms with Crippen LogP contribution in [-0.4, -0.2) is 32.8 Å². The summed E-state index contributed by atoms with van der Waals surface area (Å²) >= 11 is 0. The van der Waals surface area contributed by atoms with Crippen molar-refractivity contribution in [1.82, 2.24) is 10.0 Å². The van der Waals surface area contributed by atoms with Gasteiger partial charge in [0.1, 0.15) is 0 Å². The highest BCUT2D eigenvalue weighted by atomic mass is 32.2. The van der Waals surface area contributed by atoms with E-state index < -0.39 is 10.0 Å². The van der Waals surface area contributed by atoms with Crippen LogP contribution >= 0.6 is 0 Å². The zero-order valence-electron chi connectivity index (χ0n) is 11.5. The lowest BCUT2D eigenvalue weighted by molar-refractivity contribution is 0.388. The Morgan fingerprint density at radius 1 is 1.28 bits per heavy atom. The topological polar surface area (TPSA) is 58.2 Å². The van der Waals surface area contributed by atoms with Gasteiger partial charge in [0.05, 0.1) is 5.25 Å². The van der Waals surface area contributed by atoms with Crippen molar-refractivity contribution in [3.63, 3.8) is 0 Å². The van der Waals surface area contributed by atoms with Crippen molar-refractivity contribution in [2.45, 2.75) is 57.2 Å². The summed E-state index contributed by atoms with van der Waals surface area (Å²) in [6.07, 6.45) is 5.83. The third-order valence-corrected chi connectivity index (χ3v) is 6.30. The van der Waals surface area contributed by atoms with Crippen LogP contribution < -0.4 is 10.0 Å². The Hall–Kier alpha value is -0.130. The zero-order valence-corrected chi connectivity index (χ0v) is 12.3. The molecule has 5 heteroatoms. The van der Waals surface area contributed by atoms with E-state index in [0.29, 0.717) is 12.5 Å². The molecule has 2 aliphatic rings. The highest BCUT2D eigenvalue weighted by Gasteiger charge is 2.41. The molecule has 2 aliphatic carbocycles. The van der Waals surface area contributed by atoms with E-state index in [1.165, 1.54) is 19.3 Å². The second-order valence-corrected chi connectivity index (χ2v) is 8.09. The van der Waals surface area contributed by atoms with Gasteiger partial charge in [0.15, 0.2) is 0 Å². The van der Waals surface area contributed by atoms with Crippen molar-refractivity contribution in [1.29, 1.82) is 0 Å². The molecule has 0 aromatic rings. The van der Waals surface area contributed by atoms with Gasteiger partial charge in [-0.05, 0) is 51.0 Å². The maximum Gasteiger partial charge on any atom is 0.215 e. The van der Waals surface area contributed by atoms with E-state index >= 15 is 0 Å². The molecule has 4 nitrogen and oxygen atoms in total. The molecule has 2 rings (SSSR count). The van der Waals surface area contributed by atoms with Gasteiger partial charge in [0, 0.05) is 12.6 Å². The molecule has 2 fully saturated rings. The predicted molar refractivity (Wildman–Crippen MR) is 73.9 cm³/mol. The van der Waals surface area contributed by atoms with Gasteiger partial charge in [-0.1, -0.05) is 13.3 Å². The van der Waals surface area contributed by atoms with Crippen LogP contribution in [0, 0.1) is 11.8 Å². The first-order valence-corrected chi connectivity index (χ1v) is 8.79. The summed E-state index contributed by atoms with van der Waals surface area (Å²) in [4.78, 5) is 0. The highest BCUT2D eigenvalue weighted by Crippen LogP contribution is 2.44. The molecule has 106 valence electrons. The van der Waals surface area contributed by atoms with Crippen molar-refractivity contribution < 1.29 is 8.42 Å². The monoisotopic (exact) mass is 274 g/mol. The Morgan fingerprint density at radius 2 is 2.06 bits per heavy atom. The summed E-state index contributed by atoms with van der Waals surface area (Å²) in [5.41, 5.74) is 0. The summed E-state index contributed by atoms with van der Waals surface area (Å²) in [7, 11) is -3.16. The molecule has 0 spiro atoms. The summed E-state index contributed by atoms with van der Waals surface area (Å²) in [5.74, 6) is 1.37. The molecule has 0 radical (unpaired) electrons. The Bertz CT molecular complexity index is 369. The van der Waals surface area contributed by atoms with Gasteiger partial charge in [-0.3, -0.25) is 0 Å². The van der Waals surface area contributed by atoms with E-state index in [-0.39, 0.29) is 11.3 Å². The van der Waals surface area contributed by atoms with E-state index in [9.17, 15) is 8.42 Å². The fourth-order valence-electron chi connectivity index (χ4n) is 3.31. The standard InChI is InChI=1S/C13H26N2O2S/c1-3-6-14-9-10(2)18(16,17)15-13-8-11-4-5-12(13)7-11/h10-15H,3-9H2,1-2H3. The highest BCUT2D eigenvalue weighted by molar-refractivity contribution is 7.90. The van der Waals surface area contributed by atoms with E-state index in [1.54, 1.807) is 6.92 Å². The van der Waals surface area contributed by atoms with Crippen LogP contribution in [0.1, 0.15) is 46.0 Å². The van der Waals surface area contributed by atoms with Crippen LogP contribution in [-0.2, 0) is 10.0 Å². The third-order valence-electron chi connectivity index (χ3n) is 4.44. The summed E-state index contributed by atoms with van der Waals surface area (Å²) in [6.45, 7) is 5.30. The van der Waals surface area contributed by atoms with Crippen molar-refractivity contribution in [2.24, 2.45) is 11.8 Å². The molecule has 18 heavy (non-hydrogen) atoms. The number of fused-ring (bicyclic) bond motifs is 2. The Balaban J connectivity index is 1.83.